The molecule has 1 aliphatic heterocycles. The molecule has 0 saturated carbocycles. The molecule has 0 fully saturated rings. The Morgan fingerprint density at radius 3 is 2.67 bits per heavy atom. The number of nitrogens with one attached hydrogen (secondary N) is 2. The van der Waals surface area contributed by atoms with Crippen molar-refractivity contribution >= 4 is 34.3 Å². The van der Waals surface area contributed by atoms with Gasteiger partial charge in [0.05, 0.1) is 16.7 Å². The maximum absolute atomic E-state index is 13.8. The number of halogens is 1. The van der Waals surface area contributed by atoms with Crippen LogP contribution in [-0.4, -0.2) is 15.9 Å². The number of anilines is 1. The number of thiazole rings is 1. The number of nitro benzene ring substituents is 1. The number of nitro groups is 1. The summed E-state index contributed by atoms with van der Waals surface area (Å²) in [5, 5.41) is 19.1. The van der Waals surface area contributed by atoms with Gasteiger partial charge in [-0.05, 0) is 30.7 Å². The van der Waals surface area contributed by atoms with E-state index in [9.17, 15) is 19.3 Å². The number of aromatic nitrogens is 1. The highest BCUT2D eigenvalue weighted by Gasteiger charge is 2.31. The van der Waals surface area contributed by atoms with Crippen molar-refractivity contribution in [3.63, 3.8) is 0 Å². The van der Waals surface area contributed by atoms with Crippen molar-refractivity contribution in [1.29, 1.82) is 0 Å². The molecule has 2 heterocycles. The minimum absolute atomic E-state index is 0.386. The molecule has 30 heavy (non-hydrogen) atoms. The lowest BCUT2D eigenvalue weighted by molar-refractivity contribution is -0.387. The van der Waals surface area contributed by atoms with E-state index in [2.05, 4.69) is 15.6 Å². The van der Waals surface area contributed by atoms with Gasteiger partial charge in [-0.2, -0.15) is 4.39 Å². The molecule has 1 aromatic heterocycles. The Kier molecular flexibility index (Phi) is 4.92. The van der Waals surface area contributed by atoms with Gasteiger partial charge in [0, 0.05) is 34.0 Å². The van der Waals surface area contributed by atoms with Crippen LogP contribution in [0.5, 0.6) is 0 Å². The number of amides is 2. The van der Waals surface area contributed by atoms with Crippen LogP contribution in [0.3, 0.4) is 0 Å². The van der Waals surface area contributed by atoms with Crippen molar-refractivity contribution in [1.82, 2.24) is 15.6 Å². The van der Waals surface area contributed by atoms with Crippen LogP contribution in [0.1, 0.15) is 23.5 Å². The average Bonchev–Trinajstić information content (AvgIpc) is 3.17. The van der Waals surface area contributed by atoms with Crippen molar-refractivity contribution in [3.05, 3.63) is 80.0 Å². The molecule has 1 unspecified atom stereocenters. The highest BCUT2D eigenvalue weighted by atomic mass is 32.1. The lowest BCUT2D eigenvalue weighted by atomic mass is 9.95. The predicted molar refractivity (Wildman–Crippen MR) is 112 cm³/mol. The van der Waals surface area contributed by atoms with Crippen LogP contribution in [0.15, 0.2) is 53.5 Å². The summed E-state index contributed by atoms with van der Waals surface area (Å²) in [5.74, 6) is -0.939. The number of allylic oxidation sites excluding steroid dienone is 1. The van der Waals surface area contributed by atoms with E-state index in [0.717, 1.165) is 23.4 Å². The van der Waals surface area contributed by atoms with E-state index >= 15 is 0 Å². The zero-order valence-electron chi connectivity index (χ0n) is 15.7. The first-order valence-electron chi connectivity index (χ1n) is 8.87. The first-order valence-corrected chi connectivity index (χ1v) is 9.75. The van der Waals surface area contributed by atoms with Gasteiger partial charge in [-0.1, -0.05) is 18.2 Å². The minimum Gasteiger partial charge on any atom is -0.399 e. The van der Waals surface area contributed by atoms with Crippen molar-refractivity contribution in [2.75, 3.05) is 5.73 Å². The number of carbonyl (C=O) groups is 1. The molecular weight excluding hydrogens is 409 g/mol. The first kappa shape index (κ1) is 19.5. The molecule has 2 amide bonds. The third-order valence-electron chi connectivity index (χ3n) is 4.71. The molecule has 3 aromatic rings. The molecule has 0 saturated heterocycles. The van der Waals surface area contributed by atoms with Gasteiger partial charge in [0.25, 0.3) is 0 Å². The molecule has 1 atom stereocenters. The molecule has 4 rings (SSSR count). The Hall–Kier alpha value is -3.79. The number of rotatable bonds is 4. The molecule has 4 N–H and O–H groups in total. The van der Waals surface area contributed by atoms with Crippen molar-refractivity contribution in [2.45, 2.75) is 13.0 Å². The predicted octanol–water partition coefficient (Wildman–Crippen LogP) is 4.22. The van der Waals surface area contributed by atoms with E-state index in [-0.39, 0.29) is 0 Å². The molecule has 0 radical (unpaired) electrons. The number of carbonyl (C=O) groups excluding carboxylic acids is 1. The topological polar surface area (TPSA) is 123 Å². The zero-order valence-corrected chi connectivity index (χ0v) is 16.5. The van der Waals surface area contributed by atoms with Crippen LogP contribution in [0, 0.1) is 15.9 Å². The van der Waals surface area contributed by atoms with Crippen LogP contribution in [-0.2, 0) is 0 Å². The highest BCUT2D eigenvalue weighted by molar-refractivity contribution is 7.11. The third-order valence-corrected chi connectivity index (χ3v) is 5.59. The van der Waals surface area contributed by atoms with Gasteiger partial charge in [-0.3, -0.25) is 10.1 Å². The first-order chi connectivity index (χ1) is 14.3. The largest absolute Gasteiger partial charge is 0.399 e. The number of hydrogen-bond donors (Lipinski definition) is 3. The maximum atomic E-state index is 13.8. The average molecular weight is 425 g/mol. The molecule has 2 aromatic carbocycles. The summed E-state index contributed by atoms with van der Waals surface area (Å²) in [7, 11) is 0. The van der Waals surface area contributed by atoms with Gasteiger partial charge in [0.1, 0.15) is 5.01 Å². The number of urea groups is 1. The Bertz CT molecular complexity index is 1190. The summed E-state index contributed by atoms with van der Waals surface area (Å²) in [6, 6.07) is 9.67. The molecule has 0 aliphatic carbocycles. The summed E-state index contributed by atoms with van der Waals surface area (Å²) < 4.78 is 13.8. The van der Waals surface area contributed by atoms with E-state index in [0.29, 0.717) is 27.5 Å². The van der Waals surface area contributed by atoms with Gasteiger partial charge in [-0.25, -0.2) is 9.78 Å². The van der Waals surface area contributed by atoms with Crippen molar-refractivity contribution in [2.24, 2.45) is 0 Å². The molecule has 0 bridgehead atoms. The van der Waals surface area contributed by atoms with E-state index in [1.807, 2.05) is 17.5 Å². The van der Waals surface area contributed by atoms with Gasteiger partial charge in [0.15, 0.2) is 0 Å². The summed E-state index contributed by atoms with van der Waals surface area (Å²) in [6.45, 7) is 1.73. The van der Waals surface area contributed by atoms with Crippen LogP contribution in [0.25, 0.3) is 16.8 Å². The molecule has 152 valence electrons. The number of hydrogen-bond acceptors (Lipinski definition) is 6. The third kappa shape index (κ3) is 3.60. The van der Waals surface area contributed by atoms with E-state index < -0.39 is 28.5 Å². The van der Waals surface area contributed by atoms with Gasteiger partial charge in [-0.15, -0.1) is 11.3 Å². The summed E-state index contributed by atoms with van der Waals surface area (Å²) in [6.07, 6.45) is 0. The van der Waals surface area contributed by atoms with Crippen LogP contribution in [0.2, 0.25) is 0 Å². The van der Waals surface area contributed by atoms with E-state index in [1.54, 1.807) is 19.1 Å². The fraction of sp³-hybridized carbons (Fsp3) is 0.100. The summed E-state index contributed by atoms with van der Waals surface area (Å²) >= 11 is 1.37. The van der Waals surface area contributed by atoms with E-state index in [1.165, 1.54) is 17.4 Å². The second-order valence-electron chi connectivity index (χ2n) is 6.70. The second kappa shape index (κ2) is 7.56. The van der Waals surface area contributed by atoms with E-state index in [4.69, 9.17) is 5.73 Å². The van der Waals surface area contributed by atoms with Crippen molar-refractivity contribution < 1.29 is 14.1 Å². The molecule has 8 nitrogen and oxygen atoms in total. The van der Waals surface area contributed by atoms with Gasteiger partial charge >= 0.3 is 11.7 Å². The lowest BCUT2D eigenvalue weighted by Crippen LogP contribution is -2.42. The number of nitrogens with two attached hydrogens (primary N) is 1. The smallest absolute Gasteiger partial charge is 0.319 e. The normalized spacial score (nSPS) is 16.2. The highest BCUT2D eigenvalue weighted by Crippen LogP contribution is 2.38. The molecule has 10 heteroatoms. The number of nitrogens with zero attached hydrogens (tertiary/aromatic N) is 2. The second-order valence-corrected chi connectivity index (χ2v) is 7.56. The Labute approximate surface area is 174 Å². The number of nitrogen functional groups attached to an aromatic ring is 1. The van der Waals surface area contributed by atoms with Crippen molar-refractivity contribution in [3.8, 4) is 11.3 Å². The SMILES string of the molecule is CC1=C(c2nc(-c3ccc(N)cc3)cs2)C(c2ccc(F)c([N+](=O)[O-])c2)NC(=O)N1. The Morgan fingerprint density at radius 1 is 1.23 bits per heavy atom. The van der Waals surface area contributed by atoms with Gasteiger partial charge in [0.2, 0.25) is 5.82 Å². The molecule has 0 spiro atoms. The summed E-state index contributed by atoms with van der Waals surface area (Å²) in [4.78, 5) is 27.1. The fourth-order valence-electron chi connectivity index (χ4n) is 3.26. The van der Waals surface area contributed by atoms with Crippen LogP contribution >= 0.6 is 11.3 Å². The molecular formula is C20H16FN5O3S. The molecule has 1 aliphatic rings. The zero-order chi connectivity index (χ0) is 21.4. The maximum Gasteiger partial charge on any atom is 0.319 e. The number of benzene rings is 2. The minimum atomic E-state index is -0.939. The Balaban J connectivity index is 1.78. The fourth-order valence-corrected chi connectivity index (χ4v) is 4.22. The quantitative estimate of drug-likeness (QED) is 0.328. The summed E-state index contributed by atoms with van der Waals surface area (Å²) in [5.41, 5.74) is 8.94. The lowest BCUT2D eigenvalue weighted by Gasteiger charge is -2.28. The van der Waals surface area contributed by atoms with Gasteiger partial charge < -0.3 is 16.4 Å². The Morgan fingerprint density at radius 2 is 1.97 bits per heavy atom. The van der Waals surface area contributed by atoms with Crippen LogP contribution < -0.4 is 16.4 Å². The standard InChI is InChI=1S/C20H16FN5O3S/c1-10-17(19-24-15(9-30-19)11-2-5-13(22)6-3-11)18(25-20(27)23-10)12-4-7-14(21)16(8-12)26(28)29/h2-9,18H,22H2,1H3,(H2,23,25,27). The monoisotopic (exact) mass is 425 g/mol. The van der Waals surface area contributed by atoms with Crippen LogP contribution in [0.4, 0.5) is 20.6 Å².